The summed E-state index contributed by atoms with van der Waals surface area (Å²) in [5.74, 6) is -0.334. The Bertz CT molecular complexity index is 1290. The molecule has 0 fully saturated rings. The maximum atomic E-state index is 13.0. The van der Waals surface area contributed by atoms with Crippen molar-refractivity contribution in [1.29, 1.82) is 0 Å². The fraction of sp³-hybridized carbons (Fsp3) is 0.174. The molecule has 0 atom stereocenters. The van der Waals surface area contributed by atoms with E-state index in [1.54, 1.807) is 36.9 Å². The molecule has 0 radical (unpaired) electrons. The van der Waals surface area contributed by atoms with E-state index in [-0.39, 0.29) is 30.3 Å². The molecule has 0 bridgehead atoms. The van der Waals surface area contributed by atoms with Gasteiger partial charge in [-0.15, -0.1) is 0 Å². The molecule has 0 aliphatic rings. The van der Waals surface area contributed by atoms with Crippen LogP contribution in [-0.4, -0.2) is 27.0 Å². The van der Waals surface area contributed by atoms with Crippen LogP contribution in [0.1, 0.15) is 11.4 Å². The minimum Gasteiger partial charge on any atom is -0.365 e. The zero-order chi connectivity index (χ0) is 22.7. The minimum atomic E-state index is -0.460. The summed E-state index contributed by atoms with van der Waals surface area (Å²) in [5, 5.41) is 6.53. The van der Waals surface area contributed by atoms with Gasteiger partial charge in [0.2, 0.25) is 0 Å². The molecule has 0 aliphatic carbocycles. The molecule has 4 aromatic rings. The van der Waals surface area contributed by atoms with E-state index in [9.17, 15) is 14.0 Å². The van der Waals surface area contributed by atoms with Gasteiger partial charge in [-0.05, 0) is 43.3 Å². The third-order valence-electron chi connectivity index (χ3n) is 4.99. The normalized spacial score (nSPS) is 11.0. The number of benzene rings is 2. The lowest BCUT2D eigenvalue weighted by Gasteiger charge is -2.07. The highest BCUT2D eigenvalue weighted by Gasteiger charge is 2.18. The quantitative estimate of drug-likeness (QED) is 0.479. The van der Waals surface area contributed by atoms with Gasteiger partial charge in [0.05, 0.1) is 18.0 Å². The van der Waals surface area contributed by atoms with Crippen LogP contribution >= 0.6 is 0 Å². The first kappa shape index (κ1) is 21.3. The molecule has 2 heterocycles. The summed E-state index contributed by atoms with van der Waals surface area (Å²) in [6.45, 7) is 1.53. The Morgan fingerprint density at radius 2 is 1.88 bits per heavy atom. The van der Waals surface area contributed by atoms with Crippen molar-refractivity contribution in [2.75, 3.05) is 11.9 Å². The van der Waals surface area contributed by atoms with Gasteiger partial charge in [0.1, 0.15) is 23.8 Å². The maximum absolute atomic E-state index is 13.0. The van der Waals surface area contributed by atoms with Gasteiger partial charge in [-0.25, -0.2) is 9.07 Å². The van der Waals surface area contributed by atoms with Crippen molar-refractivity contribution in [2.24, 2.45) is 7.05 Å². The number of halogens is 1. The molecule has 4 rings (SSSR count). The molecule has 8 nitrogen and oxygen atoms in total. The Labute approximate surface area is 182 Å². The largest absolute Gasteiger partial charge is 0.365 e. The van der Waals surface area contributed by atoms with Crippen LogP contribution in [0, 0.1) is 12.7 Å². The zero-order valence-electron chi connectivity index (χ0n) is 17.5. The second-order valence-corrected chi connectivity index (χ2v) is 7.17. The minimum absolute atomic E-state index is 0.0418. The summed E-state index contributed by atoms with van der Waals surface area (Å²) < 4.78 is 26.9. The number of nitrogens with one attached hydrogen (secondary N) is 1. The van der Waals surface area contributed by atoms with Crippen molar-refractivity contribution >= 4 is 11.6 Å². The number of carbonyl (C=O) groups excluding carboxylic acids is 1. The molecule has 0 saturated heterocycles. The SMILES string of the molecule is Cc1c(NC(=O)COCc2cc(-c3ccc(F)cc3)on2)c(=O)n(-c2ccccc2)n1C. The number of nitrogens with zero attached hydrogens (tertiary/aromatic N) is 3. The van der Waals surface area contributed by atoms with Crippen LogP contribution in [0.5, 0.6) is 0 Å². The van der Waals surface area contributed by atoms with Crippen molar-refractivity contribution in [3.63, 3.8) is 0 Å². The van der Waals surface area contributed by atoms with Crippen LogP contribution in [-0.2, 0) is 23.2 Å². The lowest BCUT2D eigenvalue weighted by atomic mass is 10.1. The van der Waals surface area contributed by atoms with Gasteiger partial charge in [0.25, 0.3) is 11.5 Å². The molecule has 0 unspecified atom stereocenters. The van der Waals surface area contributed by atoms with E-state index in [0.29, 0.717) is 28.4 Å². The summed E-state index contributed by atoms with van der Waals surface area (Å²) in [7, 11) is 1.75. The van der Waals surface area contributed by atoms with Crippen LogP contribution in [0.25, 0.3) is 17.0 Å². The van der Waals surface area contributed by atoms with Crippen LogP contribution in [0.4, 0.5) is 10.1 Å². The van der Waals surface area contributed by atoms with Gasteiger partial charge in [-0.1, -0.05) is 23.4 Å². The number of rotatable bonds is 7. The lowest BCUT2D eigenvalue weighted by Crippen LogP contribution is -2.24. The van der Waals surface area contributed by atoms with Crippen molar-refractivity contribution in [3.05, 3.63) is 88.2 Å². The van der Waals surface area contributed by atoms with E-state index < -0.39 is 5.91 Å². The fourth-order valence-corrected chi connectivity index (χ4v) is 3.27. The second kappa shape index (κ2) is 9.03. The van der Waals surface area contributed by atoms with Crippen LogP contribution < -0.4 is 10.9 Å². The number of ether oxygens (including phenoxy) is 1. The van der Waals surface area contributed by atoms with Crippen LogP contribution in [0.3, 0.4) is 0 Å². The third kappa shape index (κ3) is 4.37. The molecular weight excluding hydrogens is 415 g/mol. The molecule has 0 saturated carbocycles. The topological polar surface area (TPSA) is 91.3 Å². The van der Waals surface area contributed by atoms with E-state index in [4.69, 9.17) is 9.26 Å². The van der Waals surface area contributed by atoms with Crippen LogP contribution in [0.2, 0.25) is 0 Å². The fourth-order valence-electron chi connectivity index (χ4n) is 3.27. The van der Waals surface area contributed by atoms with Gasteiger partial charge in [-0.3, -0.25) is 14.3 Å². The molecule has 1 amide bonds. The summed E-state index contributed by atoms with van der Waals surface area (Å²) >= 11 is 0. The number of amides is 1. The Morgan fingerprint density at radius 1 is 1.16 bits per heavy atom. The second-order valence-electron chi connectivity index (χ2n) is 7.17. The van der Waals surface area contributed by atoms with E-state index in [2.05, 4.69) is 10.5 Å². The highest BCUT2D eigenvalue weighted by Crippen LogP contribution is 2.21. The zero-order valence-corrected chi connectivity index (χ0v) is 17.5. The average molecular weight is 436 g/mol. The first-order valence-electron chi connectivity index (χ1n) is 9.87. The first-order valence-corrected chi connectivity index (χ1v) is 9.87. The number of carbonyl (C=O) groups is 1. The molecule has 0 aliphatic heterocycles. The summed E-state index contributed by atoms with van der Waals surface area (Å²) in [6, 6.07) is 16.6. The van der Waals surface area contributed by atoms with E-state index in [1.807, 2.05) is 30.3 Å². The number of hydrogen-bond acceptors (Lipinski definition) is 5. The van der Waals surface area contributed by atoms with Gasteiger partial charge < -0.3 is 14.6 Å². The molecule has 32 heavy (non-hydrogen) atoms. The van der Waals surface area contributed by atoms with E-state index in [1.165, 1.54) is 16.8 Å². The third-order valence-corrected chi connectivity index (χ3v) is 4.99. The van der Waals surface area contributed by atoms with Crippen molar-refractivity contribution in [1.82, 2.24) is 14.5 Å². The molecule has 164 valence electrons. The molecule has 0 spiro atoms. The van der Waals surface area contributed by atoms with Crippen molar-refractivity contribution in [3.8, 4) is 17.0 Å². The summed E-state index contributed by atoms with van der Waals surface area (Å²) in [6.07, 6.45) is 0. The summed E-state index contributed by atoms with van der Waals surface area (Å²) in [5.41, 5.74) is 2.35. The Balaban J connectivity index is 1.37. The van der Waals surface area contributed by atoms with Gasteiger partial charge in [-0.2, -0.15) is 0 Å². The van der Waals surface area contributed by atoms with Crippen LogP contribution in [0.15, 0.2) is 70.0 Å². The Morgan fingerprint density at radius 3 is 2.59 bits per heavy atom. The van der Waals surface area contributed by atoms with Gasteiger partial charge >= 0.3 is 0 Å². The first-order chi connectivity index (χ1) is 15.4. The lowest BCUT2D eigenvalue weighted by molar-refractivity contribution is -0.121. The van der Waals surface area contributed by atoms with Crippen molar-refractivity contribution in [2.45, 2.75) is 13.5 Å². The number of aromatic nitrogens is 3. The molecular formula is C23H21FN4O4. The smallest absolute Gasteiger partial charge is 0.295 e. The highest BCUT2D eigenvalue weighted by atomic mass is 19.1. The Hall–Kier alpha value is -3.98. The number of para-hydroxylation sites is 1. The van der Waals surface area contributed by atoms with Gasteiger partial charge in [0.15, 0.2) is 5.76 Å². The monoisotopic (exact) mass is 436 g/mol. The molecule has 1 N–H and O–H groups in total. The molecule has 2 aromatic heterocycles. The predicted octanol–water partition coefficient (Wildman–Crippen LogP) is 3.43. The predicted molar refractivity (Wildman–Crippen MR) is 116 cm³/mol. The number of anilines is 1. The summed E-state index contributed by atoms with van der Waals surface area (Å²) in [4.78, 5) is 25.2. The Kier molecular flexibility index (Phi) is 6.00. The molecule has 9 heteroatoms. The van der Waals surface area contributed by atoms with E-state index in [0.717, 1.165) is 0 Å². The van der Waals surface area contributed by atoms with Gasteiger partial charge in [0, 0.05) is 18.7 Å². The highest BCUT2D eigenvalue weighted by molar-refractivity contribution is 5.92. The van der Waals surface area contributed by atoms with E-state index >= 15 is 0 Å². The van der Waals surface area contributed by atoms with Crippen molar-refractivity contribution < 1.29 is 18.4 Å². The number of hydrogen-bond donors (Lipinski definition) is 1. The average Bonchev–Trinajstić information content (AvgIpc) is 3.34. The standard InChI is InChI=1S/C23H21FN4O4/c1-15-22(23(30)28(27(15)2)19-6-4-3-5-7-19)25-21(29)14-31-13-18-12-20(32-26-18)16-8-10-17(24)11-9-16/h3-12H,13-14H2,1-2H3,(H,25,29). The molecule has 2 aromatic carbocycles. The maximum Gasteiger partial charge on any atom is 0.295 e.